The first-order chi connectivity index (χ1) is 14.2. The molecule has 0 aromatic heterocycles. The van der Waals surface area contributed by atoms with Crippen LogP contribution in [0.3, 0.4) is 0 Å². The zero-order valence-corrected chi connectivity index (χ0v) is 15.6. The Morgan fingerprint density at radius 2 is 1.59 bits per heavy atom. The second-order valence-electron chi connectivity index (χ2n) is 6.39. The molecule has 1 aliphatic heterocycles. The van der Waals surface area contributed by atoms with Crippen molar-refractivity contribution in [3.8, 4) is 22.6 Å². The minimum absolute atomic E-state index is 0.298. The third kappa shape index (κ3) is 4.38. The predicted molar refractivity (Wildman–Crippen MR) is 108 cm³/mol. The molecule has 0 unspecified atom stereocenters. The van der Waals surface area contributed by atoms with Crippen molar-refractivity contribution in [3.05, 3.63) is 78.4 Å². The van der Waals surface area contributed by atoms with E-state index in [4.69, 9.17) is 14.2 Å². The van der Waals surface area contributed by atoms with Crippen LogP contribution in [0.2, 0.25) is 0 Å². The summed E-state index contributed by atoms with van der Waals surface area (Å²) in [4.78, 5) is 24.6. The molecular formula is C23H19NO5. The molecule has 0 saturated carbocycles. The van der Waals surface area contributed by atoms with Crippen LogP contribution < -0.4 is 14.8 Å². The van der Waals surface area contributed by atoms with Gasteiger partial charge in [-0.2, -0.15) is 0 Å². The number of nitrogens with one attached hydrogen (secondary N) is 1. The van der Waals surface area contributed by atoms with Gasteiger partial charge in [0.1, 0.15) is 13.2 Å². The summed E-state index contributed by atoms with van der Waals surface area (Å²) < 4.78 is 16.0. The first kappa shape index (κ1) is 18.6. The topological polar surface area (TPSA) is 73.9 Å². The number of hydrogen-bond acceptors (Lipinski definition) is 5. The number of anilines is 1. The molecule has 1 amide bonds. The number of amides is 1. The lowest BCUT2D eigenvalue weighted by atomic mass is 10.0. The quantitative estimate of drug-likeness (QED) is 0.670. The highest BCUT2D eigenvalue weighted by Crippen LogP contribution is 2.31. The second-order valence-corrected chi connectivity index (χ2v) is 6.39. The number of carbonyl (C=O) groups is 2. The molecule has 1 aliphatic rings. The molecule has 0 spiro atoms. The number of carbonyl (C=O) groups excluding carboxylic acids is 2. The third-order valence-corrected chi connectivity index (χ3v) is 4.40. The lowest BCUT2D eigenvalue weighted by Crippen LogP contribution is -2.21. The Labute approximate surface area is 168 Å². The molecule has 0 atom stereocenters. The highest BCUT2D eigenvalue weighted by atomic mass is 16.6. The minimum atomic E-state index is -0.603. The molecule has 0 aliphatic carbocycles. The molecule has 0 bridgehead atoms. The molecule has 0 radical (unpaired) electrons. The SMILES string of the molecule is O=C(COC(=O)c1ccc2c(c1)OCCO2)Nc1ccccc1-c1ccccc1. The molecule has 3 aromatic carbocycles. The Hall–Kier alpha value is -3.80. The highest BCUT2D eigenvalue weighted by molar-refractivity contribution is 5.98. The van der Waals surface area contributed by atoms with E-state index in [0.717, 1.165) is 11.1 Å². The molecule has 4 rings (SSSR count). The van der Waals surface area contributed by atoms with E-state index in [-0.39, 0.29) is 0 Å². The largest absolute Gasteiger partial charge is 0.486 e. The molecule has 0 fully saturated rings. The highest BCUT2D eigenvalue weighted by Gasteiger charge is 2.17. The number of para-hydroxylation sites is 1. The van der Waals surface area contributed by atoms with Crippen LogP contribution in [0.1, 0.15) is 10.4 Å². The summed E-state index contributed by atoms with van der Waals surface area (Å²) >= 11 is 0. The van der Waals surface area contributed by atoms with Gasteiger partial charge in [-0.3, -0.25) is 4.79 Å². The Morgan fingerprint density at radius 1 is 0.862 bits per heavy atom. The first-order valence-electron chi connectivity index (χ1n) is 9.22. The lowest BCUT2D eigenvalue weighted by Gasteiger charge is -2.18. The van der Waals surface area contributed by atoms with Crippen molar-refractivity contribution in [1.29, 1.82) is 0 Å². The van der Waals surface area contributed by atoms with Crippen LogP contribution in [0.25, 0.3) is 11.1 Å². The average molecular weight is 389 g/mol. The molecule has 146 valence electrons. The van der Waals surface area contributed by atoms with E-state index in [0.29, 0.717) is 36.0 Å². The van der Waals surface area contributed by atoms with Crippen LogP contribution in [0.15, 0.2) is 72.8 Å². The summed E-state index contributed by atoms with van der Waals surface area (Å²) in [6.07, 6.45) is 0. The van der Waals surface area contributed by atoms with Gasteiger partial charge in [-0.05, 0) is 29.8 Å². The zero-order chi connectivity index (χ0) is 20.1. The maximum Gasteiger partial charge on any atom is 0.338 e. The second kappa shape index (κ2) is 8.48. The summed E-state index contributed by atoms with van der Waals surface area (Å²) in [5.74, 6) is 0.0581. The summed E-state index contributed by atoms with van der Waals surface area (Å²) in [6.45, 7) is 0.506. The zero-order valence-electron chi connectivity index (χ0n) is 15.6. The van der Waals surface area contributed by atoms with Gasteiger partial charge >= 0.3 is 5.97 Å². The van der Waals surface area contributed by atoms with Crippen molar-refractivity contribution in [3.63, 3.8) is 0 Å². The van der Waals surface area contributed by atoms with Gasteiger partial charge in [0, 0.05) is 11.3 Å². The molecule has 6 heteroatoms. The van der Waals surface area contributed by atoms with Gasteiger partial charge < -0.3 is 19.5 Å². The van der Waals surface area contributed by atoms with Crippen LogP contribution in [0.5, 0.6) is 11.5 Å². The van der Waals surface area contributed by atoms with E-state index in [1.165, 1.54) is 0 Å². The van der Waals surface area contributed by atoms with Crippen molar-refractivity contribution in [1.82, 2.24) is 0 Å². The molecule has 3 aromatic rings. The van der Waals surface area contributed by atoms with Gasteiger partial charge in [-0.15, -0.1) is 0 Å². The first-order valence-corrected chi connectivity index (χ1v) is 9.22. The van der Waals surface area contributed by atoms with Crippen molar-refractivity contribution in [2.75, 3.05) is 25.1 Å². The van der Waals surface area contributed by atoms with Crippen molar-refractivity contribution in [2.45, 2.75) is 0 Å². The van der Waals surface area contributed by atoms with E-state index in [1.54, 1.807) is 18.2 Å². The smallest absolute Gasteiger partial charge is 0.338 e. The van der Waals surface area contributed by atoms with E-state index in [1.807, 2.05) is 54.6 Å². The molecule has 0 saturated heterocycles. The standard InChI is InChI=1S/C23H19NO5/c25-22(24-19-9-5-4-8-18(19)16-6-2-1-3-7-16)15-29-23(26)17-10-11-20-21(14-17)28-13-12-27-20/h1-11,14H,12-13,15H2,(H,24,25). The van der Waals surface area contributed by atoms with Gasteiger partial charge in [-0.1, -0.05) is 48.5 Å². The molecule has 6 nitrogen and oxygen atoms in total. The molecular weight excluding hydrogens is 370 g/mol. The summed E-state index contributed by atoms with van der Waals surface area (Å²) in [6, 6.07) is 22.0. The van der Waals surface area contributed by atoms with Gasteiger partial charge in [0.05, 0.1) is 5.56 Å². The summed E-state index contributed by atoms with van der Waals surface area (Å²) in [5.41, 5.74) is 2.82. The molecule has 1 heterocycles. The van der Waals surface area contributed by atoms with Gasteiger partial charge in [-0.25, -0.2) is 4.79 Å². The number of hydrogen-bond donors (Lipinski definition) is 1. The lowest BCUT2D eigenvalue weighted by molar-refractivity contribution is -0.119. The van der Waals surface area contributed by atoms with E-state index in [2.05, 4.69) is 5.32 Å². The number of benzene rings is 3. The number of ether oxygens (including phenoxy) is 3. The third-order valence-electron chi connectivity index (χ3n) is 4.40. The summed E-state index contributed by atoms with van der Waals surface area (Å²) in [5, 5.41) is 2.80. The minimum Gasteiger partial charge on any atom is -0.486 e. The number of rotatable bonds is 5. The number of fused-ring (bicyclic) bond motifs is 1. The van der Waals surface area contributed by atoms with E-state index < -0.39 is 18.5 Å². The monoisotopic (exact) mass is 389 g/mol. The van der Waals surface area contributed by atoms with Crippen LogP contribution in [-0.4, -0.2) is 31.7 Å². The van der Waals surface area contributed by atoms with Crippen LogP contribution in [0.4, 0.5) is 5.69 Å². The Bertz CT molecular complexity index is 1030. The summed E-state index contributed by atoms with van der Waals surface area (Å²) in [7, 11) is 0. The molecule has 29 heavy (non-hydrogen) atoms. The fraction of sp³-hybridized carbons (Fsp3) is 0.130. The average Bonchev–Trinajstić information content (AvgIpc) is 2.78. The molecule has 1 N–H and O–H groups in total. The fourth-order valence-corrected chi connectivity index (χ4v) is 3.03. The maximum absolute atomic E-state index is 12.3. The van der Waals surface area contributed by atoms with Crippen LogP contribution in [0, 0.1) is 0 Å². The predicted octanol–water partition coefficient (Wildman–Crippen LogP) is 3.92. The van der Waals surface area contributed by atoms with E-state index >= 15 is 0 Å². The van der Waals surface area contributed by atoms with Crippen LogP contribution >= 0.6 is 0 Å². The van der Waals surface area contributed by atoms with Gasteiger partial charge in [0.15, 0.2) is 18.1 Å². The Balaban J connectivity index is 1.39. The van der Waals surface area contributed by atoms with Crippen molar-refractivity contribution in [2.24, 2.45) is 0 Å². The van der Waals surface area contributed by atoms with Gasteiger partial charge in [0.2, 0.25) is 0 Å². The normalized spacial score (nSPS) is 12.1. The van der Waals surface area contributed by atoms with Gasteiger partial charge in [0.25, 0.3) is 5.91 Å². The number of esters is 1. The fourth-order valence-electron chi connectivity index (χ4n) is 3.03. The maximum atomic E-state index is 12.3. The van der Waals surface area contributed by atoms with E-state index in [9.17, 15) is 9.59 Å². The Morgan fingerprint density at radius 3 is 2.41 bits per heavy atom. The van der Waals surface area contributed by atoms with Crippen LogP contribution in [-0.2, 0) is 9.53 Å². The Kier molecular flexibility index (Phi) is 5.42. The van der Waals surface area contributed by atoms with Crippen molar-refractivity contribution >= 4 is 17.6 Å². The van der Waals surface area contributed by atoms with Crippen molar-refractivity contribution < 1.29 is 23.8 Å².